The topological polar surface area (TPSA) is 68.5 Å². The number of fused-ring (bicyclic) bond motifs is 1. The number of hydrogen-bond donors (Lipinski definition) is 1. The summed E-state index contributed by atoms with van der Waals surface area (Å²) in [5.74, 6) is -2.03. The zero-order valence-electron chi connectivity index (χ0n) is 15.4. The quantitative estimate of drug-likeness (QED) is 0.264. The highest BCUT2D eigenvalue weighted by atomic mass is 35.5. The van der Waals surface area contributed by atoms with Crippen LogP contribution in [0.15, 0.2) is 24.3 Å². The number of rotatable bonds is 6. The molecule has 0 amide bonds. The summed E-state index contributed by atoms with van der Waals surface area (Å²) in [6, 6.07) is 7.30. The SMILES string of the molecule is COCCn1c(C)c(C(=O)c2c(Cl)c(Cl)c(Cl)c(Cl)c2C(=O)O)c2ccccc21. The van der Waals surface area contributed by atoms with Gasteiger partial charge in [0.1, 0.15) is 0 Å². The standard InChI is InChI=1S/C20H15Cl4NO4/c1-9-12(10-5-3-4-6-11(10)25(9)7-8-29-2)19(26)13-14(20(27)28)16(22)18(24)17(23)15(13)21/h3-6H,7-8H2,1-2H3,(H,27,28). The normalized spacial score (nSPS) is 11.2. The fourth-order valence-electron chi connectivity index (χ4n) is 3.36. The van der Waals surface area contributed by atoms with Crippen LogP contribution in [0, 0.1) is 6.92 Å². The fraction of sp³-hybridized carbons (Fsp3) is 0.200. The van der Waals surface area contributed by atoms with Gasteiger partial charge in [-0.3, -0.25) is 4.79 Å². The Morgan fingerprint density at radius 2 is 1.55 bits per heavy atom. The zero-order chi connectivity index (χ0) is 21.5. The Bertz CT molecular complexity index is 1150. The van der Waals surface area contributed by atoms with E-state index in [4.69, 9.17) is 51.1 Å². The van der Waals surface area contributed by atoms with E-state index in [1.54, 1.807) is 26.2 Å². The van der Waals surface area contributed by atoms with E-state index >= 15 is 0 Å². The molecule has 0 fully saturated rings. The van der Waals surface area contributed by atoms with Crippen LogP contribution >= 0.6 is 46.4 Å². The molecule has 0 atom stereocenters. The molecule has 1 N–H and O–H groups in total. The number of carboxylic acids is 1. The minimum absolute atomic E-state index is 0.174. The van der Waals surface area contributed by atoms with E-state index in [0.29, 0.717) is 29.8 Å². The van der Waals surface area contributed by atoms with E-state index < -0.39 is 17.3 Å². The molecule has 0 saturated heterocycles. The molecule has 0 radical (unpaired) electrons. The average Bonchev–Trinajstić information content (AvgIpc) is 2.97. The van der Waals surface area contributed by atoms with Crippen molar-refractivity contribution in [3.05, 3.63) is 66.7 Å². The number of carbonyl (C=O) groups excluding carboxylic acids is 1. The van der Waals surface area contributed by atoms with Crippen LogP contribution in [-0.4, -0.2) is 35.1 Å². The summed E-state index contributed by atoms with van der Waals surface area (Å²) in [6.07, 6.45) is 0. The summed E-state index contributed by atoms with van der Waals surface area (Å²) in [5, 5.41) is 9.34. The molecule has 152 valence electrons. The first kappa shape index (κ1) is 21.9. The largest absolute Gasteiger partial charge is 0.478 e. The van der Waals surface area contributed by atoms with Crippen LogP contribution in [0.2, 0.25) is 20.1 Å². The molecule has 0 aliphatic rings. The molecule has 9 heteroatoms. The minimum atomic E-state index is -1.43. The van der Waals surface area contributed by atoms with Crippen LogP contribution in [0.5, 0.6) is 0 Å². The number of carboxylic acid groups (broad SMARTS) is 1. The van der Waals surface area contributed by atoms with Crippen LogP contribution < -0.4 is 0 Å². The van der Waals surface area contributed by atoms with Crippen LogP contribution in [0.3, 0.4) is 0 Å². The number of ketones is 1. The summed E-state index contributed by atoms with van der Waals surface area (Å²) in [5.41, 5.74) is 0.989. The van der Waals surface area contributed by atoms with Gasteiger partial charge < -0.3 is 14.4 Å². The lowest BCUT2D eigenvalue weighted by atomic mass is 9.96. The average molecular weight is 475 g/mol. The van der Waals surface area contributed by atoms with Crippen LogP contribution in [0.25, 0.3) is 10.9 Å². The molecular weight excluding hydrogens is 460 g/mol. The van der Waals surface area contributed by atoms with Gasteiger partial charge in [0.25, 0.3) is 0 Å². The summed E-state index contributed by atoms with van der Waals surface area (Å²) >= 11 is 24.5. The van der Waals surface area contributed by atoms with Crippen LogP contribution in [0.4, 0.5) is 0 Å². The van der Waals surface area contributed by atoms with E-state index in [2.05, 4.69) is 0 Å². The third-order valence-corrected chi connectivity index (χ3v) is 6.49. The Labute approximate surface area is 186 Å². The van der Waals surface area contributed by atoms with Crippen molar-refractivity contribution >= 4 is 69.1 Å². The number of benzene rings is 2. The third kappa shape index (κ3) is 3.62. The lowest BCUT2D eigenvalue weighted by Gasteiger charge is -2.14. The van der Waals surface area contributed by atoms with Crippen molar-refractivity contribution in [2.24, 2.45) is 0 Å². The second-order valence-electron chi connectivity index (χ2n) is 6.26. The molecule has 5 nitrogen and oxygen atoms in total. The number of ether oxygens (including phenoxy) is 1. The predicted octanol–water partition coefficient (Wildman–Crippen LogP) is 6.14. The molecule has 0 bridgehead atoms. The van der Waals surface area contributed by atoms with Crippen LogP contribution in [-0.2, 0) is 11.3 Å². The van der Waals surface area contributed by atoms with Crippen LogP contribution in [0.1, 0.15) is 32.0 Å². The van der Waals surface area contributed by atoms with Crippen molar-refractivity contribution in [3.8, 4) is 0 Å². The predicted molar refractivity (Wildman–Crippen MR) is 115 cm³/mol. The maximum atomic E-state index is 13.6. The highest BCUT2D eigenvalue weighted by molar-refractivity contribution is 6.54. The van der Waals surface area contributed by atoms with Gasteiger partial charge in [0.2, 0.25) is 0 Å². The van der Waals surface area contributed by atoms with Crippen molar-refractivity contribution in [1.82, 2.24) is 4.57 Å². The van der Waals surface area contributed by atoms with Gasteiger partial charge in [-0.1, -0.05) is 64.6 Å². The van der Waals surface area contributed by atoms with Crippen molar-refractivity contribution < 1.29 is 19.4 Å². The minimum Gasteiger partial charge on any atom is -0.478 e. The Kier molecular flexibility index (Phi) is 6.46. The van der Waals surface area contributed by atoms with E-state index in [9.17, 15) is 14.7 Å². The number of hydrogen-bond acceptors (Lipinski definition) is 3. The van der Waals surface area contributed by atoms with Crippen molar-refractivity contribution in [2.75, 3.05) is 13.7 Å². The van der Waals surface area contributed by atoms with E-state index in [1.807, 2.05) is 16.7 Å². The van der Waals surface area contributed by atoms with Crippen molar-refractivity contribution in [1.29, 1.82) is 0 Å². The van der Waals surface area contributed by atoms with Gasteiger partial charge >= 0.3 is 5.97 Å². The second kappa shape index (κ2) is 8.54. The first-order chi connectivity index (χ1) is 13.7. The molecule has 2 aromatic carbocycles. The second-order valence-corrected chi connectivity index (χ2v) is 7.77. The number of nitrogens with zero attached hydrogens (tertiary/aromatic N) is 1. The summed E-state index contributed by atoms with van der Waals surface area (Å²) in [7, 11) is 1.59. The molecule has 3 rings (SSSR count). The molecule has 0 unspecified atom stereocenters. The maximum absolute atomic E-state index is 13.6. The van der Waals surface area contributed by atoms with Gasteiger partial charge in [0.15, 0.2) is 5.78 Å². The van der Waals surface area contributed by atoms with Crippen molar-refractivity contribution in [2.45, 2.75) is 13.5 Å². The lowest BCUT2D eigenvalue weighted by molar-refractivity contribution is 0.0693. The number of para-hydroxylation sites is 1. The third-order valence-electron chi connectivity index (χ3n) is 4.68. The highest BCUT2D eigenvalue weighted by Crippen LogP contribution is 2.43. The van der Waals surface area contributed by atoms with Gasteiger partial charge in [-0.15, -0.1) is 0 Å². The smallest absolute Gasteiger partial charge is 0.338 e. The molecular formula is C20H15Cl4NO4. The molecule has 1 aromatic heterocycles. The monoisotopic (exact) mass is 473 g/mol. The summed E-state index contributed by atoms with van der Waals surface area (Å²) in [4.78, 5) is 25.4. The number of aromatic nitrogens is 1. The van der Waals surface area contributed by atoms with Gasteiger partial charge in [-0.2, -0.15) is 0 Å². The van der Waals surface area contributed by atoms with E-state index in [-0.39, 0.29) is 25.7 Å². The first-order valence-corrected chi connectivity index (χ1v) is 9.94. The van der Waals surface area contributed by atoms with Gasteiger partial charge in [-0.05, 0) is 13.0 Å². The molecule has 3 aromatic rings. The van der Waals surface area contributed by atoms with Gasteiger partial charge in [0.05, 0.1) is 43.4 Å². The number of halogens is 4. The Morgan fingerprint density at radius 1 is 0.966 bits per heavy atom. The van der Waals surface area contributed by atoms with E-state index in [1.165, 1.54) is 0 Å². The summed E-state index contributed by atoms with van der Waals surface area (Å²) < 4.78 is 7.09. The molecule has 29 heavy (non-hydrogen) atoms. The fourth-order valence-corrected chi connectivity index (χ4v) is 4.38. The maximum Gasteiger partial charge on any atom is 0.338 e. The highest BCUT2D eigenvalue weighted by Gasteiger charge is 2.31. The molecule has 0 saturated carbocycles. The Morgan fingerprint density at radius 3 is 2.14 bits per heavy atom. The summed E-state index contributed by atoms with van der Waals surface area (Å²) in [6.45, 7) is 2.72. The first-order valence-electron chi connectivity index (χ1n) is 8.43. The Balaban J connectivity index is 2.35. The molecule has 1 heterocycles. The molecule has 0 aliphatic heterocycles. The number of carbonyl (C=O) groups is 2. The number of methoxy groups -OCH3 is 1. The van der Waals surface area contributed by atoms with Crippen molar-refractivity contribution in [3.63, 3.8) is 0 Å². The Hall–Kier alpha value is -1.76. The molecule has 0 aliphatic carbocycles. The number of aromatic carboxylic acids is 1. The van der Waals surface area contributed by atoms with Gasteiger partial charge in [-0.25, -0.2) is 4.79 Å². The van der Waals surface area contributed by atoms with E-state index in [0.717, 1.165) is 5.52 Å². The molecule has 0 spiro atoms. The van der Waals surface area contributed by atoms with Gasteiger partial charge in [0, 0.05) is 30.3 Å². The lowest BCUT2D eigenvalue weighted by Crippen LogP contribution is -2.14. The zero-order valence-corrected chi connectivity index (χ0v) is 18.4.